The molecule has 0 unspecified atom stereocenters. The number of pyridine rings is 1. The molecule has 0 fully saturated rings. The molecule has 0 saturated carbocycles. The maximum atomic E-state index is 10.3. The summed E-state index contributed by atoms with van der Waals surface area (Å²) in [6.45, 7) is 0. The van der Waals surface area contributed by atoms with E-state index in [1.54, 1.807) is 12.3 Å². The second-order valence-electron chi connectivity index (χ2n) is 2.83. The molecule has 3 nitrogen and oxygen atoms in total. The number of aliphatic carboxylic acids is 1. The second-order valence-corrected chi connectivity index (χ2v) is 4.12. The number of rotatable bonds is 4. The molecule has 1 aromatic rings. The highest BCUT2D eigenvalue weighted by atomic mass is 79.9. The van der Waals surface area contributed by atoms with Gasteiger partial charge in [-0.05, 0) is 34.8 Å². The van der Waals surface area contributed by atoms with Crippen molar-refractivity contribution in [3.8, 4) is 0 Å². The minimum absolute atomic E-state index is 0.163. The predicted molar refractivity (Wildman–Crippen MR) is 57.5 cm³/mol. The summed E-state index contributed by atoms with van der Waals surface area (Å²) in [5.41, 5.74) is 0.843. The van der Waals surface area contributed by atoms with Crippen molar-refractivity contribution >= 4 is 33.5 Å². The van der Waals surface area contributed by atoms with Gasteiger partial charge in [0.25, 0.3) is 0 Å². The van der Waals surface area contributed by atoms with Crippen LogP contribution in [-0.4, -0.2) is 16.1 Å². The Morgan fingerprint density at radius 3 is 2.93 bits per heavy atom. The molecule has 1 N–H and O–H groups in total. The van der Waals surface area contributed by atoms with E-state index in [9.17, 15) is 4.79 Å². The van der Waals surface area contributed by atoms with Crippen LogP contribution in [0.3, 0.4) is 0 Å². The van der Waals surface area contributed by atoms with E-state index in [-0.39, 0.29) is 6.42 Å². The minimum Gasteiger partial charge on any atom is -0.481 e. The molecule has 0 saturated heterocycles. The summed E-state index contributed by atoms with van der Waals surface area (Å²) in [6, 6.07) is 1.75. The summed E-state index contributed by atoms with van der Waals surface area (Å²) in [4.78, 5) is 14.4. The van der Waals surface area contributed by atoms with Gasteiger partial charge in [-0.2, -0.15) is 0 Å². The van der Waals surface area contributed by atoms with Crippen LogP contribution in [0.5, 0.6) is 0 Å². The van der Waals surface area contributed by atoms with Gasteiger partial charge in [-0.1, -0.05) is 11.6 Å². The van der Waals surface area contributed by atoms with E-state index >= 15 is 0 Å². The average molecular weight is 279 g/mol. The molecule has 0 aromatic carbocycles. The maximum Gasteiger partial charge on any atom is 0.303 e. The van der Waals surface area contributed by atoms with Crippen LogP contribution in [0.15, 0.2) is 16.7 Å². The van der Waals surface area contributed by atoms with Crippen molar-refractivity contribution in [2.75, 3.05) is 0 Å². The van der Waals surface area contributed by atoms with Crippen molar-refractivity contribution in [2.45, 2.75) is 19.3 Å². The molecule has 1 heterocycles. The Hall–Kier alpha value is -0.610. The van der Waals surface area contributed by atoms with Crippen molar-refractivity contribution in [2.24, 2.45) is 0 Å². The minimum atomic E-state index is -0.782. The van der Waals surface area contributed by atoms with Gasteiger partial charge < -0.3 is 5.11 Å². The van der Waals surface area contributed by atoms with Crippen LogP contribution in [0, 0.1) is 0 Å². The molecule has 1 aromatic heterocycles. The Balaban J connectivity index is 2.55. The zero-order chi connectivity index (χ0) is 10.6. The highest BCUT2D eigenvalue weighted by Gasteiger charge is 2.03. The maximum absolute atomic E-state index is 10.3. The Kier molecular flexibility index (Phi) is 4.35. The Morgan fingerprint density at radius 1 is 1.64 bits per heavy atom. The van der Waals surface area contributed by atoms with Gasteiger partial charge in [-0.3, -0.25) is 9.78 Å². The molecule has 0 aliphatic heterocycles. The molecule has 5 heteroatoms. The largest absolute Gasteiger partial charge is 0.481 e. The average Bonchev–Trinajstić information content (AvgIpc) is 2.08. The number of carboxylic acids is 1. The van der Waals surface area contributed by atoms with Crippen LogP contribution in [-0.2, 0) is 11.2 Å². The van der Waals surface area contributed by atoms with E-state index in [1.165, 1.54) is 0 Å². The summed E-state index contributed by atoms with van der Waals surface area (Å²) in [7, 11) is 0. The van der Waals surface area contributed by atoms with Crippen molar-refractivity contribution in [3.05, 3.63) is 27.5 Å². The first-order valence-corrected chi connectivity index (χ1v) is 5.28. The third-order valence-corrected chi connectivity index (χ3v) is 2.58. The zero-order valence-electron chi connectivity index (χ0n) is 7.33. The first kappa shape index (κ1) is 11.5. The van der Waals surface area contributed by atoms with Gasteiger partial charge in [-0.15, -0.1) is 0 Å². The summed E-state index contributed by atoms with van der Waals surface area (Å²) < 4.78 is 0.829. The van der Waals surface area contributed by atoms with Crippen molar-refractivity contribution in [1.82, 2.24) is 4.98 Å². The van der Waals surface area contributed by atoms with Crippen molar-refractivity contribution < 1.29 is 9.90 Å². The van der Waals surface area contributed by atoms with Crippen LogP contribution < -0.4 is 0 Å². The van der Waals surface area contributed by atoms with Gasteiger partial charge in [0, 0.05) is 17.1 Å². The molecule has 0 aliphatic rings. The number of carboxylic acid groups (broad SMARTS) is 1. The lowest BCUT2D eigenvalue weighted by molar-refractivity contribution is -0.137. The van der Waals surface area contributed by atoms with Crippen LogP contribution >= 0.6 is 27.5 Å². The van der Waals surface area contributed by atoms with E-state index in [0.29, 0.717) is 17.9 Å². The molecule has 0 aliphatic carbocycles. The van der Waals surface area contributed by atoms with Crippen LogP contribution in [0.1, 0.15) is 18.5 Å². The smallest absolute Gasteiger partial charge is 0.303 e. The van der Waals surface area contributed by atoms with Crippen LogP contribution in [0.2, 0.25) is 5.02 Å². The van der Waals surface area contributed by atoms with Gasteiger partial charge in [-0.25, -0.2) is 0 Å². The van der Waals surface area contributed by atoms with E-state index in [2.05, 4.69) is 20.9 Å². The van der Waals surface area contributed by atoms with Gasteiger partial charge in [0.1, 0.15) is 0 Å². The van der Waals surface area contributed by atoms with E-state index in [4.69, 9.17) is 16.7 Å². The molecule has 0 radical (unpaired) electrons. The zero-order valence-corrected chi connectivity index (χ0v) is 9.68. The van der Waals surface area contributed by atoms with Gasteiger partial charge in [0.15, 0.2) is 0 Å². The lowest BCUT2D eigenvalue weighted by Gasteiger charge is -2.02. The van der Waals surface area contributed by atoms with E-state index in [0.717, 1.165) is 10.2 Å². The molecule has 1 rings (SSSR count). The highest BCUT2D eigenvalue weighted by Crippen LogP contribution is 2.20. The predicted octanol–water partition coefficient (Wildman–Crippen LogP) is 2.90. The molecule has 0 spiro atoms. The molecular weight excluding hydrogens is 269 g/mol. The molecule has 0 bridgehead atoms. The molecule has 14 heavy (non-hydrogen) atoms. The van der Waals surface area contributed by atoms with Crippen molar-refractivity contribution in [3.63, 3.8) is 0 Å². The standard InChI is InChI=1S/C9H9BrClNO2/c10-7-4-6(11)5-12-8(7)2-1-3-9(13)14/h4-5H,1-3H2,(H,13,14). The number of carbonyl (C=O) groups is 1. The number of aryl methyl sites for hydroxylation is 1. The number of hydrogen-bond donors (Lipinski definition) is 1. The topological polar surface area (TPSA) is 50.2 Å². The number of aromatic nitrogens is 1. The summed E-state index contributed by atoms with van der Waals surface area (Å²) in [5, 5.41) is 9.02. The Labute approximate surface area is 95.2 Å². The monoisotopic (exact) mass is 277 g/mol. The third-order valence-electron chi connectivity index (χ3n) is 1.69. The summed E-state index contributed by atoms with van der Waals surface area (Å²) in [6.07, 6.45) is 2.95. The van der Waals surface area contributed by atoms with Gasteiger partial charge in [0.05, 0.1) is 10.7 Å². The number of nitrogens with zero attached hydrogens (tertiary/aromatic N) is 1. The van der Waals surface area contributed by atoms with Crippen LogP contribution in [0.4, 0.5) is 0 Å². The quantitative estimate of drug-likeness (QED) is 0.921. The summed E-state index contributed by atoms with van der Waals surface area (Å²) >= 11 is 9.03. The third kappa shape index (κ3) is 3.64. The van der Waals surface area contributed by atoms with Gasteiger partial charge >= 0.3 is 5.97 Å². The lowest BCUT2D eigenvalue weighted by atomic mass is 10.2. The fourth-order valence-electron chi connectivity index (χ4n) is 1.03. The highest BCUT2D eigenvalue weighted by molar-refractivity contribution is 9.10. The molecule has 0 atom stereocenters. The van der Waals surface area contributed by atoms with E-state index < -0.39 is 5.97 Å². The number of hydrogen-bond acceptors (Lipinski definition) is 2. The Bertz CT molecular complexity index is 344. The fourth-order valence-corrected chi connectivity index (χ4v) is 1.87. The molecule has 0 amide bonds. The first-order valence-electron chi connectivity index (χ1n) is 4.11. The second kappa shape index (κ2) is 5.32. The summed E-state index contributed by atoms with van der Waals surface area (Å²) in [5.74, 6) is -0.782. The fraction of sp³-hybridized carbons (Fsp3) is 0.333. The molecule has 76 valence electrons. The number of halogens is 2. The van der Waals surface area contributed by atoms with Crippen LogP contribution in [0.25, 0.3) is 0 Å². The lowest BCUT2D eigenvalue weighted by Crippen LogP contribution is -1.97. The van der Waals surface area contributed by atoms with E-state index in [1.807, 2.05) is 0 Å². The van der Waals surface area contributed by atoms with Gasteiger partial charge in [0.2, 0.25) is 0 Å². The van der Waals surface area contributed by atoms with Crippen molar-refractivity contribution in [1.29, 1.82) is 0 Å². The molecular formula is C9H9BrClNO2. The Morgan fingerprint density at radius 2 is 2.36 bits per heavy atom. The normalized spacial score (nSPS) is 10.1. The first-order chi connectivity index (χ1) is 6.59. The SMILES string of the molecule is O=C(O)CCCc1ncc(Cl)cc1Br.